The SMILES string of the molecule is CCC[Si](C(=O)C(F)(F)C(F)(F)F)(C(=O)C(F)(F)C(F)(F)F)C(=O)C(F)(F)C(F)(F)F. The van der Waals surface area contributed by atoms with Gasteiger partial charge in [-0.1, -0.05) is 13.3 Å². The molecule has 0 aromatic carbocycles. The van der Waals surface area contributed by atoms with Crippen LogP contribution in [0, 0.1) is 0 Å². The molecule has 0 N–H and O–H groups in total. The fourth-order valence-corrected chi connectivity index (χ4v) is 6.30. The van der Waals surface area contributed by atoms with Gasteiger partial charge in [0.05, 0.1) is 0 Å². The van der Waals surface area contributed by atoms with Crippen LogP contribution in [-0.2, 0) is 14.4 Å². The average molecular weight is 512 g/mol. The van der Waals surface area contributed by atoms with Crippen molar-refractivity contribution >= 4 is 24.3 Å². The summed E-state index contributed by atoms with van der Waals surface area (Å²) in [7, 11) is -8.17. The summed E-state index contributed by atoms with van der Waals surface area (Å²) in [4.78, 5) is 35.1. The molecule has 0 saturated carbocycles. The highest BCUT2D eigenvalue weighted by atomic mass is 28.3. The first-order chi connectivity index (χ1) is 13.3. The number of rotatable bonds is 8. The molecule has 0 heterocycles. The molecule has 0 rings (SSSR count). The molecule has 182 valence electrons. The maximum absolute atomic E-state index is 13.4. The van der Waals surface area contributed by atoms with Crippen molar-refractivity contribution in [3.05, 3.63) is 0 Å². The first-order valence-electron chi connectivity index (χ1n) is 7.26. The van der Waals surface area contributed by atoms with Crippen LogP contribution in [0.15, 0.2) is 0 Å². The summed E-state index contributed by atoms with van der Waals surface area (Å²) in [5.41, 5.74) is 0. The summed E-state index contributed by atoms with van der Waals surface area (Å²) in [5.74, 6) is -21.6. The second kappa shape index (κ2) is 7.95. The van der Waals surface area contributed by atoms with E-state index in [1.54, 1.807) is 0 Å². The van der Waals surface area contributed by atoms with Crippen molar-refractivity contribution < 1.29 is 80.2 Å². The summed E-state index contributed by atoms with van der Waals surface area (Å²) in [5, 5.41) is -13.5. The molecule has 0 aliphatic heterocycles. The van der Waals surface area contributed by atoms with Crippen LogP contribution in [0.5, 0.6) is 0 Å². The maximum Gasteiger partial charge on any atom is 0.460 e. The molecule has 0 atom stereocenters. The van der Waals surface area contributed by atoms with Crippen molar-refractivity contribution in [2.45, 2.75) is 55.7 Å². The standard InChI is InChI=1S/C12H7F15O3Si/c1-2-3-31(4(28)7(13,14)10(19,20)21,5(29)8(15,16)11(22,23)24)6(30)9(17,18)12(25,26)27/h2-3H2,1H3. The van der Waals surface area contributed by atoms with Gasteiger partial charge in [0.15, 0.2) is 0 Å². The normalized spacial score (nSPS) is 15.1. The van der Waals surface area contributed by atoms with Gasteiger partial charge in [0.2, 0.25) is 16.2 Å². The molecule has 0 unspecified atom stereocenters. The third-order valence-electron chi connectivity index (χ3n) is 3.71. The highest BCUT2D eigenvalue weighted by molar-refractivity contribution is 7.41. The number of alkyl halides is 15. The highest BCUT2D eigenvalue weighted by Crippen LogP contribution is 2.48. The van der Waals surface area contributed by atoms with Gasteiger partial charge in [-0.2, -0.15) is 65.9 Å². The summed E-state index contributed by atoms with van der Waals surface area (Å²) in [6.07, 6.45) is -23.2. The van der Waals surface area contributed by atoms with Crippen molar-refractivity contribution in [1.29, 1.82) is 0 Å². The smallest absolute Gasteiger partial charge is 0.297 e. The van der Waals surface area contributed by atoms with E-state index < -0.39 is 73.1 Å². The Labute approximate surface area is 161 Å². The van der Waals surface area contributed by atoms with Crippen LogP contribution < -0.4 is 0 Å². The second-order valence-corrected chi connectivity index (χ2v) is 9.53. The van der Waals surface area contributed by atoms with E-state index in [0.717, 1.165) is 0 Å². The monoisotopic (exact) mass is 512 g/mol. The van der Waals surface area contributed by atoms with Crippen molar-refractivity contribution in [2.75, 3.05) is 0 Å². The third-order valence-corrected chi connectivity index (χ3v) is 8.23. The lowest BCUT2D eigenvalue weighted by Gasteiger charge is -2.35. The quantitative estimate of drug-likeness (QED) is 0.348. The minimum absolute atomic E-state index is 0.415. The number of carbonyl (C=O) groups is 3. The molecule has 0 radical (unpaired) electrons. The molecule has 0 fully saturated rings. The number of carbonyl (C=O) groups excluding carboxylic acids is 3. The molecule has 0 aliphatic carbocycles. The molecule has 0 aliphatic rings. The predicted octanol–water partition coefficient (Wildman–Crippen LogP) is 4.76. The zero-order valence-corrected chi connectivity index (χ0v) is 15.3. The number of halogens is 15. The van der Waals surface area contributed by atoms with Gasteiger partial charge < -0.3 is 0 Å². The van der Waals surface area contributed by atoms with Gasteiger partial charge in [0, 0.05) is 0 Å². The second-order valence-electron chi connectivity index (χ2n) is 5.86. The van der Waals surface area contributed by atoms with E-state index in [-0.39, 0.29) is 0 Å². The number of hydrogen-bond donors (Lipinski definition) is 0. The van der Waals surface area contributed by atoms with Gasteiger partial charge in [-0.15, -0.1) is 0 Å². The lowest BCUT2D eigenvalue weighted by molar-refractivity contribution is -0.269. The minimum atomic E-state index is -8.17. The fraction of sp³-hybridized carbons (Fsp3) is 0.750. The molecule has 0 spiro atoms. The van der Waals surface area contributed by atoms with E-state index in [2.05, 4.69) is 0 Å². The Bertz CT molecular complexity index is 638. The third kappa shape index (κ3) is 4.55. The molecule has 0 bridgehead atoms. The first kappa shape index (κ1) is 29.2. The Hall–Kier alpha value is -1.82. The molecule has 0 aromatic rings. The van der Waals surface area contributed by atoms with Crippen LogP contribution in [0.25, 0.3) is 0 Å². The molecule has 19 heteroatoms. The van der Waals surface area contributed by atoms with E-state index in [0.29, 0.717) is 6.92 Å². The van der Waals surface area contributed by atoms with Crippen LogP contribution in [0.4, 0.5) is 65.9 Å². The largest absolute Gasteiger partial charge is 0.460 e. The van der Waals surface area contributed by atoms with Gasteiger partial charge in [0.25, 0.3) is 0 Å². The Morgan fingerprint density at radius 2 is 0.710 bits per heavy atom. The Morgan fingerprint density at radius 1 is 0.516 bits per heavy atom. The summed E-state index contributed by atoms with van der Waals surface area (Å²) >= 11 is 0. The lowest BCUT2D eigenvalue weighted by Crippen LogP contribution is -2.75. The lowest BCUT2D eigenvalue weighted by atomic mass is 10.3. The summed E-state index contributed by atoms with van der Waals surface area (Å²) < 4.78 is 193. The number of hydrogen-bond acceptors (Lipinski definition) is 3. The molecule has 31 heavy (non-hydrogen) atoms. The Morgan fingerprint density at radius 3 is 0.839 bits per heavy atom. The van der Waals surface area contributed by atoms with E-state index in [9.17, 15) is 80.2 Å². The summed E-state index contributed by atoms with van der Waals surface area (Å²) in [6.45, 7) is 0.415. The Kier molecular flexibility index (Phi) is 7.48. The van der Waals surface area contributed by atoms with Crippen LogP contribution in [0.3, 0.4) is 0 Å². The molecular weight excluding hydrogens is 505 g/mol. The molecular formula is C12H7F15O3Si. The van der Waals surface area contributed by atoms with Crippen molar-refractivity contribution in [3.8, 4) is 0 Å². The van der Waals surface area contributed by atoms with Crippen LogP contribution >= 0.6 is 0 Å². The van der Waals surface area contributed by atoms with E-state index in [1.165, 1.54) is 0 Å². The highest BCUT2D eigenvalue weighted by Gasteiger charge is 2.82. The zero-order chi connectivity index (χ0) is 25.6. The van der Waals surface area contributed by atoms with Crippen molar-refractivity contribution in [2.24, 2.45) is 0 Å². The van der Waals surface area contributed by atoms with Gasteiger partial charge in [-0.3, -0.25) is 14.4 Å². The molecule has 0 saturated heterocycles. The van der Waals surface area contributed by atoms with Gasteiger partial charge in [-0.25, -0.2) is 0 Å². The molecule has 3 nitrogen and oxygen atoms in total. The van der Waals surface area contributed by atoms with E-state index >= 15 is 0 Å². The topological polar surface area (TPSA) is 51.2 Å². The van der Waals surface area contributed by atoms with Crippen molar-refractivity contribution in [3.63, 3.8) is 0 Å². The van der Waals surface area contributed by atoms with Crippen molar-refractivity contribution in [1.82, 2.24) is 0 Å². The van der Waals surface area contributed by atoms with Gasteiger partial charge in [-0.05, 0) is 6.04 Å². The van der Waals surface area contributed by atoms with Gasteiger partial charge in [0.1, 0.15) is 0 Å². The van der Waals surface area contributed by atoms with E-state index in [4.69, 9.17) is 0 Å². The van der Waals surface area contributed by atoms with Crippen LogP contribution in [-0.4, -0.2) is 60.6 Å². The van der Waals surface area contributed by atoms with E-state index in [1.807, 2.05) is 0 Å². The zero-order valence-electron chi connectivity index (χ0n) is 14.3. The Balaban J connectivity index is 7.49. The minimum Gasteiger partial charge on any atom is -0.297 e. The first-order valence-corrected chi connectivity index (χ1v) is 9.46. The molecule has 0 aromatic heterocycles. The van der Waals surface area contributed by atoms with Crippen LogP contribution in [0.2, 0.25) is 6.04 Å². The predicted molar refractivity (Wildman–Crippen MR) is 68.9 cm³/mol. The van der Waals surface area contributed by atoms with Crippen LogP contribution in [0.1, 0.15) is 13.3 Å². The summed E-state index contributed by atoms with van der Waals surface area (Å²) in [6, 6.07) is -2.55. The molecule has 0 amide bonds. The maximum atomic E-state index is 13.4. The fourth-order valence-electron chi connectivity index (χ4n) is 2.22. The van der Waals surface area contributed by atoms with Gasteiger partial charge >= 0.3 is 44.4 Å². The average Bonchev–Trinajstić information content (AvgIpc) is 2.54.